The predicted molar refractivity (Wildman–Crippen MR) is 132 cm³/mol. The van der Waals surface area contributed by atoms with Gasteiger partial charge >= 0.3 is 6.03 Å². The van der Waals surface area contributed by atoms with Gasteiger partial charge in [-0.15, -0.1) is 0 Å². The number of amides is 3. The molecule has 1 saturated heterocycles. The Kier molecular flexibility index (Phi) is 6.49. The maximum Gasteiger partial charge on any atom is 0.332 e. The first-order chi connectivity index (χ1) is 15.7. The SMILES string of the molecule is C[C@@]1(Cc2ccc(Br)cc2)C(=O)N(c2cc(Cl)cc(Cl)c2)C(=O)N1Cc1cccc(C#N)c1. The fourth-order valence-electron chi connectivity index (χ4n) is 4.01. The van der Waals surface area contributed by atoms with E-state index in [1.165, 1.54) is 0 Å². The van der Waals surface area contributed by atoms with E-state index in [9.17, 15) is 14.9 Å². The predicted octanol–water partition coefficient (Wildman–Crippen LogP) is 6.60. The van der Waals surface area contributed by atoms with E-state index in [-0.39, 0.29) is 12.5 Å². The van der Waals surface area contributed by atoms with Crippen molar-refractivity contribution in [3.05, 3.63) is 97.9 Å². The van der Waals surface area contributed by atoms with Gasteiger partial charge in [-0.2, -0.15) is 5.26 Å². The lowest BCUT2D eigenvalue weighted by molar-refractivity contribution is -0.124. The van der Waals surface area contributed by atoms with Crippen LogP contribution in [0.2, 0.25) is 10.0 Å². The summed E-state index contributed by atoms with van der Waals surface area (Å²) in [5.41, 5.74) is 1.30. The molecular weight excluding hydrogens is 525 g/mol. The molecular formula is C25H18BrCl2N3O2. The molecule has 4 rings (SSSR count). The van der Waals surface area contributed by atoms with E-state index in [0.29, 0.717) is 27.7 Å². The third-order valence-corrected chi connectivity index (χ3v) is 6.61. The molecule has 0 aliphatic carbocycles. The highest BCUT2D eigenvalue weighted by Crippen LogP contribution is 2.38. The number of urea groups is 1. The van der Waals surface area contributed by atoms with Gasteiger partial charge in [0.15, 0.2) is 0 Å². The highest BCUT2D eigenvalue weighted by molar-refractivity contribution is 9.10. The number of rotatable bonds is 5. The number of nitrogens with zero attached hydrogens (tertiary/aromatic N) is 3. The Balaban J connectivity index is 1.78. The molecule has 8 heteroatoms. The topological polar surface area (TPSA) is 64.4 Å². The molecule has 1 fully saturated rings. The van der Waals surface area contributed by atoms with E-state index in [1.54, 1.807) is 48.2 Å². The average Bonchev–Trinajstić information content (AvgIpc) is 2.95. The summed E-state index contributed by atoms with van der Waals surface area (Å²) in [5, 5.41) is 9.91. The maximum absolute atomic E-state index is 13.8. The van der Waals surface area contributed by atoms with Crippen molar-refractivity contribution in [2.75, 3.05) is 4.90 Å². The number of halogens is 3. The second kappa shape index (κ2) is 9.18. The molecule has 0 N–H and O–H groups in total. The zero-order chi connectivity index (χ0) is 23.8. The molecule has 1 aliphatic rings. The van der Waals surface area contributed by atoms with Crippen LogP contribution in [0.25, 0.3) is 0 Å². The van der Waals surface area contributed by atoms with Crippen LogP contribution in [-0.4, -0.2) is 22.4 Å². The molecule has 1 aliphatic heterocycles. The Morgan fingerprint density at radius 2 is 1.64 bits per heavy atom. The van der Waals surface area contributed by atoms with Gasteiger partial charge in [-0.3, -0.25) is 4.79 Å². The summed E-state index contributed by atoms with van der Waals surface area (Å²) >= 11 is 15.7. The first kappa shape index (κ1) is 23.3. The second-order valence-electron chi connectivity index (χ2n) is 8.03. The Hall–Kier alpha value is -2.85. The highest BCUT2D eigenvalue weighted by Gasteiger charge is 2.54. The summed E-state index contributed by atoms with van der Waals surface area (Å²) < 4.78 is 0.922. The van der Waals surface area contributed by atoms with E-state index in [1.807, 2.05) is 30.3 Å². The molecule has 0 saturated carbocycles. The monoisotopic (exact) mass is 541 g/mol. The molecule has 1 heterocycles. The average molecular weight is 543 g/mol. The van der Waals surface area contributed by atoms with Gasteiger partial charge in [0.05, 0.1) is 17.3 Å². The summed E-state index contributed by atoms with van der Waals surface area (Å²) in [6.07, 6.45) is 0.313. The van der Waals surface area contributed by atoms with Crippen LogP contribution in [0.15, 0.2) is 71.2 Å². The molecule has 0 radical (unpaired) electrons. The number of nitriles is 1. The molecule has 1 atom stereocenters. The van der Waals surface area contributed by atoms with E-state index in [0.717, 1.165) is 20.5 Å². The minimum Gasteiger partial charge on any atom is -0.305 e. The number of anilines is 1. The molecule has 5 nitrogen and oxygen atoms in total. The molecule has 3 amide bonds. The lowest BCUT2D eigenvalue weighted by atomic mass is 9.90. The summed E-state index contributed by atoms with van der Waals surface area (Å²) in [5.74, 6) is -0.370. The van der Waals surface area contributed by atoms with Crippen LogP contribution in [0.4, 0.5) is 10.5 Å². The molecule has 33 heavy (non-hydrogen) atoms. The number of hydrogen-bond acceptors (Lipinski definition) is 3. The van der Waals surface area contributed by atoms with Crippen LogP contribution in [-0.2, 0) is 17.8 Å². The van der Waals surface area contributed by atoms with Crippen LogP contribution in [0.3, 0.4) is 0 Å². The van der Waals surface area contributed by atoms with Crippen molar-refractivity contribution in [3.8, 4) is 6.07 Å². The number of hydrogen-bond donors (Lipinski definition) is 0. The third-order valence-electron chi connectivity index (χ3n) is 5.65. The number of imide groups is 1. The summed E-state index contributed by atoms with van der Waals surface area (Å²) in [6.45, 7) is 1.92. The first-order valence-corrected chi connectivity index (χ1v) is 11.6. The minimum atomic E-state index is -1.16. The van der Waals surface area contributed by atoms with Crippen molar-refractivity contribution in [3.63, 3.8) is 0 Å². The summed E-state index contributed by atoms with van der Waals surface area (Å²) in [4.78, 5) is 30.1. The molecule has 0 bridgehead atoms. The van der Waals surface area contributed by atoms with Gasteiger partial charge in [-0.05, 0) is 60.5 Å². The Morgan fingerprint density at radius 3 is 2.27 bits per heavy atom. The van der Waals surface area contributed by atoms with Crippen LogP contribution in [0.1, 0.15) is 23.6 Å². The zero-order valence-corrected chi connectivity index (χ0v) is 20.7. The maximum atomic E-state index is 13.8. The van der Waals surface area contributed by atoms with E-state index >= 15 is 0 Å². The van der Waals surface area contributed by atoms with Crippen LogP contribution >= 0.6 is 39.1 Å². The first-order valence-electron chi connectivity index (χ1n) is 10.1. The third kappa shape index (κ3) is 4.63. The molecule has 3 aromatic carbocycles. The fourth-order valence-corrected chi connectivity index (χ4v) is 4.78. The lowest BCUT2D eigenvalue weighted by Crippen LogP contribution is -2.48. The van der Waals surface area contributed by atoms with Crippen molar-refractivity contribution < 1.29 is 9.59 Å². The van der Waals surface area contributed by atoms with Crippen LogP contribution < -0.4 is 4.90 Å². The lowest BCUT2D eigenvalue weighted by Gasteiger charge is -2.32. The van der Waals surface area contributed by atoms with Crippen LogP contribution in [0.5, 0.6) is 0 Å². The summed E-state index contributed by atoms with van der Waals surface area (Å²) in [6, 6.07) is 20.9. The van der Waals surface area contributed by atoms with Crippen molar-refractivity contribution in [1.82, 2.24) is 4.90 Å². The van der Waals surface area contributed by atoms with Crippen molar-refractivity contribution in [1.29, 1.82) is 5.26 Å². The Morgan fingerprint density at radius 1 is 0.970 bits per heavy atom. The highest BCUT2D eigenvalue weighted by atomic mass is 79.9. The van der Waals surface area contributed by atoms with Gasteiger partial charge in [0.25, 0.3) is 5.91 Å². The van der Waals surface area contributed by atoms with Gasteiger partial charge in [-0.25, -0.2) is 9.69 Å². The van der Waals surface area contributed by atoms with Gasteiger partial charge < -0.3 is 4.90 Å². The molecule has 166 valence electrons. The number of carbonyl (C=O) groups is 2. The normalized spacial score (nSPS) is 18.0. The second-order valence-corrected chi connectivity index (χ2v) is 9.81. The number of benzene rings is 3. The van der Waals surface area contributed by atoms with Gasteiger partial charge in [-0.1, -0.05) is 63.4 Å². The quantitative estimate of drug-likeness (QED) is 0.341. The molecule has 0 unspecified atom stereocenters. The largest absolute Gasteiger partial charge is 0.332 e. The van der Waals surface area contributed by atoms with E-state index in [4.69, 9.17) is 23.2 Å². The molecule has 0 aromatic heterocycles. The van der Waals surface area contributed by atoms with Gasteiger partial charge in [0.1, 0.15) is 5.54 Å². The Labute approximate surface area is 210 Å². The van der Waals surface area contributed by atoms with Crippen molar-refractivity contribution >= 4 is 56.8 Å². The summed E-state index contributed by atoms with van der Waals surface area (Å²) in [7, 11) is 0. The van der Waals surface area contributed by atoms with Gasteiger partial charge in [0.2, 0.25) is 0 Å². The van der Waals surface area contributed by atoms with Crippen molar-refractivity contribution in [2.45, 2.75) is 25.4 Å². The fraction of sp³-hybridized carbons (Fsp3) is 0.160. The standard InChI is InChI=1S/C25H18BrCl2N3O2/c1-25(13-16-5-7-19(26)8-6-16)23(32)31(22-11-20(27)10-21(28)12-22)24(33)30(25)15-18-4-2-3-17(9-18)14-29/h2-12H,13,15H2,1H3/t25-/m1/s1. The van der Waals surface area contributed by atoms with Gasteiger partial charge in [0, 0.05) is 27.5 Å². The van der Waals surface area contributed by atoms with E-state index < -0.39 is 11.6 Å². The minimum absolute atomic E-state index is 0.165. The van der Waals surface area contributed by atoms with Crippen LogP contribution in [0, 0.1) is 11.3 Å². The van der Waals surface area contributed by atoms with Crippen molar-refractivity contribution in [2.24, 2.45) is 0 Å². The number of carbonyl (C=O) groups excluding carboxylic acids is 2. The molecule has 3 aromatic rings. The Bertz CT molecular complexity index is 1270. The molecule has 0 spiro atoms. The smallest absolute Gasteiger partial charge is 0.305 e. The zero-order valence-electron chi connectivity index (χ0n) is 17.6. The van der Waals surface area contributed by atoms with E-state index in [2.05, 4.69) is 22.0 Å².